The predicted molar refractivity (Wildman–Crippen MR) is 74.1 cm³/mol. The van der Waals surface area contributed by atoms with Gasteiger partial charge in [0, 0.05) is 7.05 Å². The van der Waals surface area contributed by atoms with Crippen molar-refractivity contribution in [3.05, 3.63) is 27.7 Å². The zero-order valence-electron chi connectivity index (χ0n) is 10.5. The maximum absolute atomic E-state index is 12.3. The van der Waals surface area contributed by atoms with Crippen LogP contribution in [0.15, 0.2) is 17.0 Å². The molecular weight excluding hydrogens is 329 g/mol. The number of benzene rings is 1. The van der Waals surface area contributed by atoms with Crippen LogP contribution in [0.4, 0.5) is 0 Å². The van der Waals surface area contributed by atoms with Gasteiger partial charge in [-0.3, -0.25) is 4.79 Å². The number of carbonyl (C=O) groups is 2. The van der Waals surface area contributed by atoms with Gasteiger partial charge in [0.25, 0.3) is 0 Å². The number of amides is 1. The van der Waals surface area contributed by atoms with Crippen molar-refractivity contribution in [3.8, 4) is 0 Å². The molecular formula is C11H11Cl2NO5S. The number of sulfone groups is 1. The van der Waals surface area contributed by atoms with E-state index in [-0.39, 0.29) is 10.0 Å². The minimum atomic E-state index is -4.12. The number of carboxylic acids is 1. The Bertz CT molecular complexity index is 672. The molecule has 0 aliphatic carbocycles. The minimum Gasteiger partial charge on any atom is -0.478 e. The van der Waals surface area contributed by atoms with E-state index in [0.717, 1.165) is 12.1 Å². The van der Waals surface area contributed by atoms with E-state index >= 15 is 0 Å². The number of carboxylic acid groups (broad SMARTS) is 1. The SMILES string of the molecule is CNC(=O)C(C)S(=O)(=O)c1cc(C(=O)O)c(Cl)cc1Cl. The molecule has 0 aromatic heterocycles. The predicted octanol–water partition coefficient (Wildman–Crippen LogP) is 1.60. The van der Waals surface area contributed by atoms with Crippen LogP contribution in [0.25, 0.3) is 0 Å². The van der Waals surface area contributed by atoms with Crippen LogP contribution in [-0.4, -0.2) is 37.7 Å². The molecule has 0 bridgehead atoms. The average molecular weight is 340 g/mol. The number of rotatable bonds is 4. The summed E-state index contributed by atoms with van der Waals surface area (Å²) in [5, 5.41) is 9.31. The molecule has 110 valence electrons. The van der Waals surface area contributed by atoms with Crippen LogP contribution >= 0.6 is 23.2 Å². The van der Waals surface area contributed by atoms with Crippen LogP contribution in [0.2, 0.25) is 10.0 Å². The third-order valence-corrected chi connectivity index (χ3v) is 5.47. The molecule has 0 fully saturated rings. The fourth-order valence-corrected chi connectivity index (χ4v) is 3.63. The standard InChI is InChI=1S/C11H11Cl2NO5S/c1-5(10(15)14-2)20(18,19)9-3-6(11(16)17)7(12)4-8(9)13/h3-5H,1-2H3,(H,14,15)(H,16,17). The van der Waals surface area contributed by atoms with Crippen molar-refractivity contribution in [2.45, 2.75) is 17.1 Å². The lowest BCUT2D eigenvalue weighted by molar-refractivity contribution is -0.119. The van der Waals surface area contributed by atoms with Gasteiger partial charge in [-0.05, 0) is 19.1 Å². The van der Waals surface area contributed by atoms with Gasteiger partial charge in [0.05, 0.1) is 20.5 Å². The first kappa shape index (κ1) is 16.7. The molecule has 1 unspecified atom stereocenters. The summed E-state index contributed by atoms with van der Waals surface area (Å²) in [5.41, 5.74) is -0.404. The number of hydrogen-bond acceptors (Lipinski definition) is 4. The second kappa shape index (κ2) is 5.99. The Balaban J connectivity index is 3.50. The van der Waals surface area contributed by atoms with E-state index in [1.54, 1.807) is 0 Å². The van der Waals surface area contributed by atoms with Crippen LogP contribution < -0.4 is 5.32 Å². The second-order valence-electron chi connectivity index (χ2n) is 3.87. The summed E-state index contributed by atoms with van der Waals surface area (Å²) in [6, 6.07) is 1.87. The van der Waals surface area contributed by atoms with Gasteiger partial charge in [0.2, 0.25) is 5.91 Å². The van der Waals surface area contributed by atoms with Crippen molar-refractivity contribution < 1.29 is 23.1 Å². The molecule has 0 aliphatic rings. The van der Waals surface area contributed by atoms with Gasteiger partial charge in [-0.15, -0.1) is 0 Å². The summed E-state index contributed by atoms with van der Waals surface area (Å²) in [7, 11) is -2.83. The molecule has 2 N–H and O–H groups in total. The summed E-state index contributed by atoms with van der Waals surface area (Å²) in [6.45, 7) is 1.18. The van der Waals surface area contributed by atoms with Crippen LogP contribution in [0.5, 0.6) is 0 Å². The Morgan fingerprint density at radius 2 is 1.80 bits per heavy atom. The Hall–Kier alpha value is -1.31. The molecule has 1 aromatic rings. The molecule has 9 heteroatoms. The molecule has 6 nitrogen and oxygen atoms in total. The molecule has 0 aliphatic heterocycles. The molecule has 0 spiro atoms. The van der Waals surface area contributed by atoms with E-state index in [2.05, 4.69) is 5.32 Å². The third kappa shape index (κ3) is 3.05. The Morgan fingerprint density at radius 1 is 1.25 bits per heavy atom. The lowest BCUT2D eigenvalue weighted by Gasteiger charge is -2.13. The smallest absolute Gasteiger partial charge is 0.337 e. The highest BCUT2D eigenvalue weighted by Gasteiger charge is 2.32. The average Bonchev–Trinajstić information content (AvgIpc) is 2.35. The van der Waals surface area contributed by atoms with Crippen molar-refractivity contribution in [1.82, 2.24) is 5.32 Å². The van der Waals surface area contributed by atoms with Crippen LogP contribution in [0, 0.1) is 0 Å². The molecule has 1 atom stereocenters. The normalized spacial score (nSPS) is 12.8. The van der Waals surface area contributed by atoms with Gasteiger partial charge in [0.1, 0.15) is 5.25 Å². The topological polar surface area (TPSA) is 101 Å². The maximum atomic E-state index is 12.3. The lowest BCUT2D eigenvalue weighted by atomic mass is 10.2. The van der Waals surface area contributed by atoms with Crippen LogP contribution in [0.3, 0.4) is 0 Å². The van der Waals surface area contributed by atoms with E-state index in [1.165, 1.54) is 14.0 Å². The monoisotopic (exact) mass is 339 g/mol. The molecule has 1 aromatic carbocycles. The van der Waals surface area contributed by atoms with Gasteiger partial charge in [0.15, 0.2) is 9.84 Å². The Morgan fingerprint density at radius 3 is 2.25 bits per heavy atom. The summed E-state index contributed by atoms with van der Waals surface area (Å²) >= 11 is 11.5. The third-order valence-electron chi connectivity index (χ3n) is 2.64. The lowest BCUT2D eigenvalue weighted by Crippen LogP contribution is -2.36. The molecule has 0 saturated heterocycles. The van der Waals surface area contributed by atoms with Gasteiger partial charge >= 0.3 is 5.97 Å². The van der Waals surface area contributed by atoms with E-state index in [4.69, 9.17) is 28.3 Å². The summed E-state index contributed by atoms with van der Waals surface area (Å²) in [4.78, 5) is 22.0. The molecule has 20 heavy (non-hydrogen) atoms. The van der Waals surface area contributed by atoms with Gasteiger partial charge in [-0.2, -0.15) is 0 Å². The van der Waals surface area contributed by atoms with Crippen LogP contribution in [0.1, 0.15) is 17.3 Å². The molecule has 0 heterocycles. The quantitative estimate of drug-likeness (QED) is 0.867. The summed E-state index contributed by atoms with van der Waals surface area (Å²) in [5.74, 6) is -2.12. The zero-order chi connectivity index (χ0) is 15.7. The molecule has 1 amide bonds. The summed E-state index contributed by atoms with van der Waals surface area (Å²) < 4.78 is 24.5. The summed E-state index contributed by atoms with van der Waals surface area (Å²) in [6.07, 6.45) is 0. The second-order valence-corrected chi connectivity index (χ2v) is 6.92. The van der Waals surface area contributed by atoms with E-state index in [0.29, 0.717) is 0 Å². The first-order valence-corrected chi connectivity index (χ1v) is 7.61. The van der Waals surface area contributed by atoms with Gasteiger partial charge in [-0.1, -0.05) is 23.2 Å². The van der Waals surface area contributed by atoms with Gasteiger partial charge < -0.3 is 10.4 Å². The highest BCUT2D eigenvalue weighted by molar-refractivity contribution is 7.92. The minimum absolute atomic E-state index is 0.186. The van der Waals surface area contributed by atoms with Crippen molar-refractivity contribution >= 4 is 44.9 Å². The first-order chi connectivity index (χ1) is 9.12. The highest BCUT2D eigenvalue weighted by Crippen LogP contribution is 2.31. The zero-order valence-corrected chi connectivity index (χ0v) is 12.8. The number of halogens is 2. The van der Waals surface area contributed by atoms with Crippen molar-refractivity contribution in [1.29, 1.82) is 0 Å². The fourth-order valence-electron chi connectivity index (χ4n) is 1.45. The Labute approximate surface area is 125 Å². The number of hydrogen-bond donors (Lipinski definition) is 2. The number of nitrogens with one attached hydrogen (secondary N) is 1. The number of carbonyl (C=O) groups excluding carboxylic acids is 1. The van der Waals surface area contributed by atoms with Crippen molar-refractivity contribution in [2.24, 2.45) is 0 Å². The first-order valence-electron chi connectivity index (χ1n) is 5.30. The van der Waals surface area contributed by atoms with E-state index in [1.807, 2.05) is 0 Å². The van der Waals surface area contributed by atoms with Gasteiger partial charge in [-0.25, -0.2) is 13.2 Å². The highest BCUT2D eigenvalue weighted by atomic mass is 35.5. The maximum Gasteiger partial charge on any atom is 0.337 e. The largest absolute Gasteiger partial charge is 0.478 e. The van der Waals surface area contributed by atoms with Crippen molar-refractivity contribution in [2.75, 3.05) is 7.05 Å². The van der Waals surface area contributed by atoms with E-state index < -0.39 is 37.4 Å². The van der Waals surface area contributed by atoms with Crippen molar-refractivity contribution in [3.63, 3.8) is 0 Å². The fraction of sp³-hybridized carbons (Fsp3) is 0.273. The Kier molecular flexibility index (Phi) is 5.01. The number of aromatic carboxylic acids is 1. The molecule has 0 saturated carbocycles. The van der Waals surface area contributed by atoms with E-state index in [9.17, 15) is 18.0 Å². The molecule has 1 rings (SSSR count). The molecule has 0 radical (unpaired) electrons. The van der Waals surface area contributed by atoms with Crippen LogP contribution in [-0.2, 0) is 14.6 Å².